The first kappa shape index (κ1) is 22.0. The Bertz CT molecular complexity index is 803. The number of para-hydroxylation sites is 1. The summed E-state index contributed by atoms with van der Waals surface area (Å²) in [6, 6.07) is 16.2. The summed E-state index contributed by atoms with van der Waals surface area (Å²) in [5, 5.41) is 2.94. The van der Waals surface area contributed by atoms with Crippen LogP contribution in [0.1, 0.15) is 33.3 Å². The average molecular weight is 447 g/mol. The Hall–Kier alpha value is -2.34. The van der Waals surface area contributed by atoms with E-state index in [-0.39, 0.29) is 24.0 Å². The van der Waals surface area contributed by atoms with Crippen LogP contribution in [0.15, 0.2) is 59.1 Å². The zero-order valence-electron chi connectivity index (χ0n) is 16.7. The molecule has 1 N–H and O–H groups in total. The van der Waals surface area contributed by atoms with Crippen LogP contribution < -0.4 is 10.1 Å². The van der Waals surface area contributed by atoms with Gasteiger partial charge in [0.05, 0.1) is 0 Å². The predicted molar refractivity (Wildman–Crippen MR) is 114 cm³/mol. The van der Waals surface area contributed by atoms with Crippen LogP contribution in [0.3, 0.4) is 0 Å². The number of benzene rings is 2. The fourth-order valence-electron chi connectivity index (χ4n) is 2.63. The van der Waals surface area contributed by atoms with E-state index in [2.05, 4.69) is 21.2 Å². The maximum absolute atomic E-state index is 12.9. The Morgan fingerprint density at radius 1 is 1.11 bits per heavy atom. The van der Waals surface area contributed by atoms with Gasteiger partial charge in [-0.1, -0.05) is 46.3 Å². The largest absolute Gasteiger partial charge is 0.484 e. The summed E-state index contributed by atoms with van der Waals surface area (Å²) in [6.45, 7) is 7.66. The Labute approximate surface area is 175 Å². The van der Waals surface area contributed by atoms with E-state index in [9.17, 15) is 9.59 Å². The first-order valence-corrected chi connectivity index (χ1v) is 9.99. The van der Waals surface area contributed by atoms with Gasteiger partial charge in [-0.25, -0.2) is 0 Å². The molecule has 0 saturated carbocycles. The molecular weight excluding hydrogens is 420 g/mol. The number of carbonyl (C=O) groups is 2. The van der Waals surface area contributed by atoms with Crippen molar-refractivity contribution in [3.63, 3.8) is 0 Å². The molecule has 2 aromatic carbocycles. The Balaban J connectivity index is 2.16. The summed E-state index contributed by atoms with van der Waals surface area (Å²) in [5.74, 6) is 0.168. The molecule has 0 radical (unpaired) electrons. The van der Waals surface area contributed by atoms with Gasteiger partial charge in [-0.2, -0.15) is 0 Å². The maximum atomic E-state index is 12.9. The van der Waals surface area contributed by atoms with E-state index in [4.69, 9.17) is 4.74 Å². The van der Waals surface area contributed by atoms with Gasteiger partial charge in [0.15, 0.2) is 6.61 Å². The standard InChI is InChI=1S/C22H27BrN2O3/c1-16(21(27)24-22(2,3)4)25(14-17-9-8-10-18(23)13-17)20(26)15-28-19-11-6-5-7-12-19/h5-13,16H,14-15H2,1-4H3,(H,24,27)/t16-/m1/s1. The molecular formula is C22H27BrN2O3. The number of nitrogens with one attached hydrogen (secondary N) is 1. The fourth-order valence-corrected chi connectivity index (χ4v) is 3.08. The topological polar surface area (TPSA) is 58.6 Å². The van der Waals surface area contributed by atoms with Crippen LogP contribution in [-0.4, -0.2) is 34.9 Å². The molecule has 150 valence electrons. The van der Waals surface area contributed by atoms with Gasteiger partial charge in [-0.15, -0.1) is 0 Å². The SMILES string of the molecule is C[C@H](C(=O)NC(C)(C)C)N(Cc1cccc(Br)c1)C(=O)COc1ccccc1. The molecule has 0 aliphatic heterocycles. The second-order valence-corrected chi connectivity index (χ2v) is 8.58. The molecule has 2 amide bonds. The lowest BCUT2D eigenvalue weighted by atomic mass is 10.1. The summed E-state index contributed by atoms with van der Waals surface area (Å²) in [4.78, 5) is 27.2. The minimum atomic E-state index is -0.634. The highest BCUT2D eigenvalue weighted by molar-refractivity contribution is 9.10. The van der Waals surface area contributed by atoms with Crippen LogP contribution in [0.25, 0.3) is 0 Å². The van der Waals surface area contributed by atoms with Crippen LogP contribution in [0.2, 0.25) is 0 Å². The van der Waals surface area contributed by atoms with Crippen LogP contribution >= 0.6 is 15.9 Å². The highest BCUT2D eigenvalue weighted by Crippen LogP contribution is 2.16. The quantitative estimate of drug-likeness (QED) is 0.694. The Kier molecular flexibility index (Phi) is 7.63. The molecule has 1 atom stereocenters. The van der Waals surface area contributed by atoms with E-state index in [1.54, 1.807) is 24.0 Å². The molecule has 0 heterocycles. The van der Waals surface area contributed by atoms with Gasteiger partial charge in [-0.05, 0) is 57.5 Å². The molecule has 2 rings (SSSR count). The van der Waals surface area contributed by atoms with Crippen molar-refractivity contribution >= 4 is 27.7 Å². The minimum Gasteiger partial charge on any atom is -0.484 e. The van der Waals surface area contributed by atoms with Gasteiger partial charge in [0, 0.05) is 16.6 Å². The smallest absolute Gasteiger partial charge is 0.261 e. The number of hydrogen-bond donors (Lipinski definition) is 1. The number of hydrogen-bond acceptors (Lipinski definition) is 3. The molecule has 0 bridgehead atoms. The number of amides is 2. The van der Waals surface area contributed by atoms with E-state index in [1.165, 1.54) is 0 Å². The number of halogens is 1. The first-order chi connectivity index (χ1) is 13.2. The van der Waals surface area contributed by atoms with Crippen molar-refractivity contribution < 1.29 is 14.3 Å². The highest BCUT2D eigenvalue weighted by Gasteiger charge is 2.28. The zero-order valence-corrected chi connectivity index (χ0v) is 18.3. The molecule has 28 heavy (non-hydrogen) atoms. The minimum absolute atomic E-state index is 0.134. The van der Waals surface area contributed by atoms with Gasteiger partial charge in [0.25, 0.3) is 5.91 Å². The average Bonchev–Trinajstić information content (AvgIpc) is 2.63. The van der Waals surface area contributed by atoms with E-state index >= 15 is 0 Å². The van der Waals surface area contributed by atoms with E-state index < -0.39 is 6.04 Å². The van der Waals surface area contributed by atoms with Crippen LogP contribution in [-0.2, 0) is 16.1 Å². The molecule has 6 heteroatoms. The van der Waals surface area contributed by atoms with Crippen molar-refractivity contribution in [2.75, 3.05) is 6.61 Å². The Morgan fingerprint density at radius 2 is 1.79 bits per heavy atom. The molecule has 0 saturated heterocycles. The maximum Gasteiger partial charge on any atom is 0.261 e. The lowest BCUT2D eigenvalue weighted by Gasteiger charge is -2.31. The van der Waals surface area contributed by atoms with Crippen molar-refractivity contribution in [3.05, 3.63) is 64.6 Å². The molecule has 0 unspecified atom stereocenters. The molecule has 0 aliphatic carbocycles. The summed E-state index contributed by atoms with van der Waals surface area (Å²) in [7, 11) is 0. The van der Waals surface area contributed by atoms with Crippen LogP contribution in [0.5, 0.6) is 5.75 Å². The molecule has 5 nitrogen and oxygen atoms in total. The van der Waals surface area contributed by atoms with Crippen molar-refractivity contribution in [1.29, 1.82) is 0 Å². The van der Waals surface area contributed by atoms with Gasteiger partial charge in [-0.3, -0.25) is 9.59 Å². The normalized spacial score (nSPS) is 12.2. The predicted octanol–water partition coefficient (Wildman–Crippen LogP) is 4.16. The lowest BCUT2D eigenvalue weighted by Crippen LogP contribution is -2.53. The number of ether oxygens (including phenoxy) is 1. The molecule has 2 aromatic rings. The van der Waals surface area contributed by atoms with Crippen molar-refractivity contribution in [2.45, 2.75) is 45.8 Å². The number of nitrogens with zero attached hydrogens (tertiary/aromatic N) is 1. The third-order valence-electron chi connectivity index (χ3n) is 4.01. The third-order valence-corrected chi connectivity index (χ3v) is 4.51. The zero-order chi connectivity index (χ0) is 20.7. The highest BCUT2D eigenvalue weighted by atomic mass is 79.9. The Morgan fingerprint density at radius 3 is 2.39 bits per heavy atom. The van der Waals surface area contributed by atoms with E-state index in [0.717, 1.165) is 10.0 Å². The van der Waals surface area contributed by atoms with Crippen molar-refractivity contribution in [2.24, 2.45) is 0 Å². The second kappa shape index (κ2) is 9.73. The second-order valence-electron chi connectivity index (χ2n) is 7.67. The number of carbonyl (C=O) groups excluding carboxylic acids is 2. The summed E-state index contributed by atoms with van der Waals surface area (Å²) in [6.07, 6.45) is 0. The lowest BCUT2D eigenvalue weighted by molar-refractivity contribution is -0.142. The van der Waals surface area contributed by atoms with E-state index in [0.29, 0.717) is 12.3 Å². The summed E-state index contributed by atoms with van der Waals surface area (Å²) in [5.41, 5.74) is 0.550. The van der Waals surface area contributed by atoms with Gasteiger partial charge in [0.2, 0.25) is 5.91 Å². The molecule has 0 aliphatic rings. The molecule has 0 spiro atoms. The van der Waals surface area contributed by atoms with E-state index in [1.807, 2.05) is 63.2 Å². The summed E-state index contributed by atoms with van der Waals surface area (Å²) < 4.78 is 6.53. The molecule has 0 fully saturated rings. The fraction of sp³-hybridized carbons (Fsp3) is 0.364. The van der Waals surface area contributed by atoms with Crippen LogP contribution in [0.4, 0.5) is 0 Å². The van der Waals surface area contributed by atoms with Gasteiger partial charge < -0.3 is 15.0 Å². The third kappa shape index (κ3) is 7.00. The van der Waals surface area contributed by atoms with Gasteiger partial charge >= 0.3 is 0 Å². The first-order valence-electron chi connectivity index (χ1n) is 9.19. The summed E-state index contributed by atoms with van der Waals surface area (Å²) >= 11 is 3.45. The molecule has 0 aromatic heterocycles. The van der Waals surface area contributed by atoms with Crippen LogP contribution in [0, 0.1) is 0 Å². The number of rotatable bonds is 7. The monoisotopic (exact) mass is 446 g/mol. The van der Waals surface area contributed by atoms with Gasteiger partial charge in [0.1, 0.15) is 11.8 Å². The van der Waals surface area contributed by atoms with Crippen molar-refractivity contribution in [1.82, 2.24) is 10.2 Å². The van der Waals surface area contributed by atoms with Crippen molar-refractivity contribution in [3.8, 4) is 5.75 Å².